The topological polar surface area (TPSA) is 58.1 Å². The molecule has 5 nitrogen and oxygen atoms in total. The van der Waals surface area contributed by atoms with Gasteiger partial charge in [-0.15, -0.1) is 0 Å². The summed E-state index contributed by atoms with van der Waals surface area (Å²) in [7, 11) is 0. The normalized spacial score (nSPS) is 20.8. The molecule has 0 unspecified atom stereocenters. The van der Waals surface area contributed by atoms with Crippen molar-refractivity contribution < 1.29 is 4.79 Å². The molecule has 5 heteroatoms. The molecule has 2 aliphatic heterocycles. The SMILES string of the molecule is Cc1ccc([C@H](C)C(=O)N2CCCC[C@@H]2c2ncc3c(n2)CCNC3)cc1. The second-order valence-corrected chi connectivity index (χ2v) is 7.80. The van der Waals surface area contributed by atoms with Crippen molar-refractivity contribution in [3.63, 3.8) is 0 Å². The van der Waals surface area contributed by atoms with Gasteiger partial charge in [0.15, 0.2) is 5.82 Å². The maximum atomic E-state index is 13.3. The molecule has 2 atom stereocenters. The Kier molecular flexibility index (Phi) is 5.21. The number of benzene rings is 1. The van der Waals surface area contributed by atoms with Crippen LogP contribution >= 0.6 is 0 Å². The Labute approximate surface area is 161 Å². The number of nitrogens with one attached hydrogen (secondary N) is 1. The third-order valence-corrected chi connectivity index (χ3v) is 5.86. The van der Waals surface area contributed by atoms with E-state index in [4.69, 9.17) is 4.98 Å². The maximum Gasteiger partial charge on any atom is 0.230 e. The van der Waals surface area contributed by atoms with Crippen LogP contribution in [0.2, 0.25) is 0 Å². The van der Waals surface area contributed by atoms with E-state index in [1.54, 1.807) is 0 Å². The highest BCUT2D eigenvalue weighted by atomic mass is 16.2. The Morgan fingerprint density at radius 1 is 1.26 bits per heavy atom. The molecule has 1 N–H and O–H groups in total. The van der Waals surface area contributed by atoms with Gasteiger partial charge in [-0.25, -0.2) is 9.97 Å². The third-order valence-electron chi connectivity index (χ3n) is 5.86. The van der Waals surface area contributed by atoms with E-state index in [1.807, 2.05) is 18.0 Å². The lowest BCUT2D eigenvalue weighted by molar-refractivity contribution is -0.136. The van der Waals surface area contributed by atoms with Crippen molar-refractivity contribution in [2.75, 3.05) is 13.1 Å². The van der Waals surface area contributed by atoms with Crippen LogP contribution in [0, 0.1) is 6.92 Å². The van der Waals surface area contributed by atoms with E-state index in [0.29, 0.717) is 0 Å². The van der Waals surface area contributed by atoms with Gasteiger partial charge in [0.2, 0.25) is 5.91 Å². The molecule has 2 aliphatic rings. The van der Waals surface area contributed by atoms with E-state index in [1.165, 1.54) is 11.1 Å². The predicted molar refractivity (Wildman–Crippen MR) is 105 cm³/mol. The summed E-state index contributed by atoms with van der Waals surface area (Å²) in [4.78, 5) is 24.9. The molecule has 0 aliphatic carbocycles. The fourth-order valence-electron chi connectivity index (χ4n) is 4.12. The minimum atomic E-state index is -0.145. The van der Waals surface area contributed by atoms with Gasteiger partial charge >= 0.3 is 0 Å². The third kappa shape index (κ3) is 3.74. The van der Waals surface area contributed by atoms with Crippen LogP contribution in [0.25, 0.3) is 0 Å². The fourth-order valence-corrected chi connectivity index (χ4v) is 4.12. The van der Waals surface area contributed by atoms with Gasteiger partial charge in [0, 0.05) is 43.5 Å². The van der Waals surface area contributed by atoms with Gasteiger partial charge < -0.3 is 10.2 Å². The molecule has 1 saturated heterocycles. The summed E-state index contributed by atoms with van der Waals surface area (Å²) in [5.74, 6) is 0.861. The maximum absolute atomic E-state index is 13.3. The molecule has 0 radical (unpaired) electrons. The predicted octanol–water partition coefficient (Wildman–Crippen LogP) is 3.29. The standard InChI is InChI=1S/C22H28N4O/c1-15-6-8-17(9-7-15)16(2)22(27)26-12-4-3-5-20(26)21-24-14-18-13-23-11-10-19(18)25-21/h6-9,14,16,20,23H,3-5,10-13H2,1-2H3/t16-,20+/m0/s1. The highest BCUT2D eigenvalue weighted by Gasteiger charge is 2.33. The van der Waals surface area contributed by atoms with Crippen LogP contribution in [-0.4, -0.2) is 33.9 Å². The van der Waals surface area contributed by atoms with Crippen molar-refractivity contribution in [2.45, 2.75) is 58.0 Å². The zero-order valence-corrected chi connectivity index (χ0v) is 16.2. The van der Waals surface area contributed by atoms with E-state index in [0.717, 1.165) is 62.4 Å². The first-order valence-electron chi connectivity index (χ1n) is 10.1. The number of hydrogen-bond donors (Lipinski definition) is 1. The summed E-state index contributed by atoms with van der Waals surface area (Å²) < 4.78 is 0. The number of nitrogens with zero attached hydrogens (tertiary/aromatic N) is 3. The molecule has 1 aromatic carbocycles. The van der Waals surface area contributed by atoms with Crippen LogP contribution in [0.1, 0.15) is 66.4 Å². The molecule has 0 bridgehead atoms. The lowest BCUT2D eigenvalue weighted by atomic mass is 9.94. The van der Waals surface area contributed by atoms with Gasteiger partial charge in [-0.2, -0.15) is 0 Å². The second-order valence-electron chi connectivity index (χ2n) is 7.80. The van der Waals surface area contributed by atoms with E-state index in [-0.39, 0.29) is 17.9 Å². The van der Waals surface area contributed by atoms with Gasteiger partial charge in [-0.3, -0.25) is 4.79 Å². The number of aromatic nitrogens is 2. The number of rotatable bonds is 3. The Morgan fingerprint density at radius 3 is 2.89 bits per heavy atom. The number of piperidine rings is 1. The summed E-state index contributed by atoms with van der Waals surface area (Å²) in [5.41, 5.74) is 4.62. The van der Waals surface area contributed by atoms with Gasteiger partial charge in [0.1, 0.15) is 0 Å². The monoisotopic (exact) mass is 364 g/mol. The number of aryl methyl sites for hydroxylation is 1. The fraction of sp³-hybridized carbons (Fsp3) is 0.500. The molecule has 0 spiro atoms. The summed E-state index contributed by atoms with van der Waals surface area (Å²) in [5, 5.41) is 3.36. The average molecular weight is 364 g/mol. The Balaban J connectivity index is 1.58. The zero-order valence-electron chi connectivity index (χ0n) is 16.2. The molecule has 142 valence electrons. The molecular weight excluding hydrogens is 336 g/mol. The number of fused-ring (bicyclic) bond motifs is 1. The number of carbonyl (C=O) groups excluding carboxylic acids is 1. The highest BCUT2D eigenvalue weighted by molar-refractivity contribution is 5.83. The van der Waals surface area contributed by atoms with E-state index >= 15 is 0 Å². The van der Waals surface area contributed by atoms with Crippen molar-refractivity contribution in [3.05, 3.63) is 58.7 Å². The van der Waals surface area contributed by atoms with Crippen LogP contribution in [0.5, 0.6) is 0 Å². The molecule has 1 fully saturated rings. The van der Waals surface area contributed by atoms with Crippen LogP contribution in [0.15, 0.2) is 30.5 Å². The van der Waals surface area contributed by atoms with Crippen molar-refractivity contribution >= 4 is 5.91 Å². The molecule has 0 saturated carbocycles. The minimum Gasteiger partial charge on any atom is -0.332 e. The van der Waals surface area contributed by atoms with E-state index in [9.17, 15) is 4.79 Å². The van der Waals surface area contributed by atoms with E-state index < -0.39 is 0 Å². The minimum absolute atomic E-state index is 0.000617. The van der Waals surface area contributed by atoms with Crippen molar-refractivity contribution in [1.29, 1.82) is 0 Å². The molecule has 3 heterocycles. The first-order chi connectivity index (χ1) is 13.1. The summed E-state index contributed by atoms with van der Waals surface area (Å²) >= 11 is 0. The largest absolute Gasteiger partial charge is 0.332 e. The number of likely N-dealkylation sites (tertiary alicyclic amines) is 1. The second kappa shape index (κ2) is 7.77. The lowest BCUT2D eigenvalue weighted by Gasteiger charge is -2.36. The Bertz CT molecular complexity index is 818. The summed E-state index contributed by atoms with van der Waals surface area (Å²) in [6.45, 7) is 6.67. The number of hydrogen-bond acceptors (Lipinski definition) is 4. The van der Waals surface area contributed by atoms with Gasteiger partial charge in [-0.05, 0) is 38.7 Å². The van der Waals surface area contributed by atoms with Crippen molar-refractivity contribution in [3.8, 4) is 0 Å². The highest BCUT2D eigenvalue weighted by Crippen LogP contribution is 2.32. The Morgan fingerprint density at radius 2 is 2.07 bits per heavy atom. The van der Waals surface area contributed by atoms with E-state index in [2.05, 4.69) is 41.5 Å². The zero-order chi connectivity index (χ0) is 18.8. The summed E-state index contributed by atoms with van der Waals surface area (Å²) in [6.07, 6.45) is 6.01. The van der Waals surface area contributed by atoms with Crippen molar-refractivity contribution in [1.82, 2.24) is 20.2 Å². The molecule has 4 rings (SSSR count). The van der Waals surface area contributed by atoms with Crippen LogP contribution in [0.4, 0.5) is 0 Å². The molecule has 1 aromatic heterocycles. The summed E-state index contributed by atoms with van der Waals surface area (Å²) in [6, 6.07) is 8.29. The van der Waals surface area contributed by atoms with Crippen LogP contribution in [0.3, 0.4) is 0 Å². The number of amides is 1. The first-order valence-corrected chi connectivity index (χ1v) is 10.1. The van der Waals surface area contributed by atoms with Gasteiger partial charge in [0.25, 0.3) is 0 Å². The first kappa shape index (κ1) is 18.1. The molecule has 1 amide bonds. The Hall–Kier alpha value is -2.27. The number of carbonyl (C=O) groups is 1. The molecule has 27 heavy (non-hydrogen) atoms. The smallest absolute Gasteiger partial charge is 0.230 e. The van der Waals surface area contributed by atoms with Crippen molar-refractivity contribution in [2.24, 2.45) is 0 Å². The molecular formula is C22H28N4O. The average Bonchev–Trinajstić information content (AvgIpc) is 2.73. The van der Waals surface area contributed by atoms with Crippen LogP contribution in [-0.2, 0) is 17.8 Å². The van der Waals surface area contributed by atoms with Crippen LogP contribution < -0.4 is 5.32 Å². The van der Waals surface area contributed by atoms with Gasteiger partial charge in [0.05, 0.1) is 12.0 Å². The molecule has 2 aromatic rings. The lowest BCUT2D eigenvalue weighted by Crippen LogP contribution is -2.41. The quantitative estimate of drug-likeness (QED) is 0.908. The van der Waals surface area contributed by atoms with Gasteiger partial charge in [-0.1, -0.05) is 29.8 Å².